The number of aromatic nitrogens is 6. The fraction of sp³-hybridized carbons (Fsp3) is 0.0541. The van der Waals surface area contributed by atoms with E-state index in [1.54, 1.807) is 45.3 Å². The minimum absolute atomic E-state index is 0.304. The van der Waals surface area contributed by atoms with E-state index in [0.29, 0.717) is 16.0 Å². The van der Waals surface area contributed by atoms with Crippen molar-refractivity contribution in [2.45, 2.75) is 22.5 Å². The summed E-state index contributed by atoms with van der Waals surface area (Å²) < 4.78 is 4.76. The van der Waals surface area contributed by atoms with Gasteiger partial charge in [-0.1, -0.05) is 164 Å². The Bertz CT molecular complexity index is 4830. The molecule has 5 aliphatic rings. The number of benzene rings is 7. The Morgan fingerprint density at radius 3 is 1.22 bits per heavy atom. The lowest BCUT2D eigenvalue weighted by molar-refractivity contribution is 0.999. The number of fused-ring (bicyclic) bond motifs is 7. The zero-order chi connectivity index (χ0) is 57.9. The Labute approximate surface area is 536 Å². The molecular weight excluding hydrogens is 1220 g/mol. The van der Waals surface area contributed by atoms with Gasteiger partial charge in [0.05, 0.1) is 22.8 Å². The molecule has 14 heteroatoms. The SMILES string of the molecule is C1=CCC([Si]2(c3ccccc3)c3ccc(C4=CC5SC(c6ccc7c(c6)-c6cc(-n8c(-c9nccs9)ccc8-c8nccs8)ccc6[Si]7(c6ccccc6)c6ccccc6)=CC5S4)cc3-c3cc(-n4c(-c5nccs5)ccc4-c4nccs4)ccc32)C=C1. The van der Waals surface area contributed by atoms with Gasteiger partial charge in [-0.3, -0.25) is 0 Å². The van der Waals surface area contributed by atoms with Crippen molar-refractivity contribution >= 4 is 131 Å². The van der Waals surface area contributed by atoms with E-state index in [9.17, 15) is 0 Å². The summed E-state index contributed by atoms with van der Waals surface area (Å²) in [5.74, 6) is 0. The molecule has 0 saturated heterocycles. The van der Waals surface area contributed by atoms with Gasteiger partial charge >= 0.3 is 0 Å². The first-order chi connectivity index (χ1) is 43.6. The predicted molar refractivity (Wildman–Crippen MR) is 380 cm³/mol. The van der Waals surface area contributed by atoms with E-state index in [2.05, 4.69) is 255 Å². The molecule has 0 fully saturated rings. The molecule has 4 unspecified atom stereocenters. The molecule has 420 valence electrons. The number of nitrogens with zero attached hydrogens (tertiary/aromatic N) is 6. The Hall–Kier alpha value is -8.29. The maximum atomic E-state index is 4.84. The van der Waals surface area contributed by atoms with Crippen molar-refractivity contribution in [3.8, 4) is 76.4 Å². The van der Waals surface area contributed by atoms with Crippen molar-refractivity contribution in [2.75, 3.05) is 0 Å². The zero-order valence-electron chi connectivity index (χ0n) is 47.1. The van der Waals surface area contributed by atoms with E-state index in [1.165, 1.54) is 79.5 Å². The van der Waals surface area contributed by atoms with Gasteiger partial charge in [0.25, 0.3) is 0 Å². The normalized spacial score (nSPS) is 19.1. The lowest BCUT2D eigenvalue weighted by atomic mass is 10.0. The highest BCUT2D eigenvalue weighted by atomic mass is 32.2. The van der Waals surface area contributed by atoms with Crippen LogP contribution in [0.4, 0.5) is 0 Å². The minimum atomic E-state index is -2.79. The molecule has 88 heavy (non-hydrogen) atoms. The van der Waals surface area contributed by atoms with Gasteiger partial charge in [0.15, 0.2) is 16.1 Å². The van der Waals surface area contributed by atoms with Gasteiger partial charge < -0.3 is 9.13 Å². The molecule has 4 atom stereocenters. The Morgan fingerprint density at radius 1 is 0.386 bits per heavy atom. The number of thiazole rings is 4. The van der Waals surface area contributed by atoms with Crippen LogP contribution in [0, 0.1) is 0 Å². The second kappa shape index (κ2) is 21.2. The third-order valence-electron chi connectivity index (χ3n) is 18.4. The van der Waals surface area contributed by atoms with Gasteiger partial charge in [0, 0.05) is 78.0 Å². The van der Waals surface area contributed by atoms with Crippen LogP contribution in [-0.4, -0.2) is 55.7 Å². The second-order valence-electron chi connectivity index (χ2n) is 22.7. The second-order valence-corrected chi connectivity index (χ2v) is 36.5. The zero-order valence-corrected chi connectivity index (χ0v) is 54.0. The topological polar surface area (TPSA) is 61.4 Å². The molecule has 10 heterocycles. The third-order valence-corrected chi connectivity index (χ3v) is 34.6. The van der Waals surface area contributed by atoms with Crippen LogP contribution in [0.3, 0.4) is 0 Å². The first-order valence-corrected chi connectivity index (χ1v) is 38.9. The molecule has 0 bridgehead atoms. The third kappa shape index (κ3) is 8.09. The molecule has 4 aliphatic heterocycles. The molecule has 0 spiro atoms. The van der Waals surface area contributed by atoms with E-state index in [0.717, 1.165) is 60.6 Å². The highest BCUT2D eigenvalue weighted by Crippen LogP contribution is 2.54. The standard InChI is InChI=1S/C74H50N6S6Si2/c1-5-13-51(14-6-1)87(52-15-7-2-8-16-52)67-29-21-47(41-55(67)57-43-49(23-31-69(57)87)79-59(71-75-33-37-81-71)25-26-60(79)72-76-34-38-82-72)63-45-65-66(85-63)46-64(86-65)48-22-30-68-56(42-48)58-44-50(80-61(73-77-35-39-83-73)27-28-62(80)74-78-36-40-84-74)24-32-70(58)88(68,53-17-9-3-10-18-53)54-19-11-4-12-20-54/h1-19,21-46,54,65-66H,20H2. The molecule has 18 rings (SSSR count). The van der Waals surface area contributed by atoms with Crippen molar-refractivity contribution in [1.82, 2.24) is 29.1 Å². The lowest BCUT2D eigenvalue weighted by Crippen LogP contribution is -2.72. The minimum Gasteiger partial charge on any atom is -0.305 e. The summed E-state index contributed by atoms with van der Waals surface area (Å²) in [6, 6.07) is 72.7. The van der Waals surface area contributed by atoms with Crippen LogP contribution in [0.15, 0.2) is 271 Å². The van der Waals surface area contributed by atoms with Gasteiger partial charge in [-0.25, -0.2) is 19.9 Å². The number of allylic oxidation sites excluding steroid dienone is 4. The fourth-order valence-corrected chi connectivity index (χ4v) is 31.2. The first-order valence-electron chi connectivity index (χ1n) is 29.5. The monoisotopic (exact) mass is 1270 g/mol. The van der Waals surface area contributed by atoms with Crippen LogP contribution in [0.2, 0.25) is 5.54 Å². The van der Waals surface area contributed by atoms with Crippen LogP contribution in [0.5, 0.6) is 0 Å². The molecule has 7 aromatic carbocycles. The number of hydrogen-bond acceptors (Lipinski definition) is 10. The van der Waals surface area contributed by atoms with Gasteiger partial charge in [-0.2, -0.15) is 0 Å². The molecule has 6 aromatic heterocycles. The van der Waals surface area contributed by atoms with Gasteiger partial charge in [0.2, 0.25) is 0 Å². The van der Waals surface area contributed by atoms with Gasteiger partial charge in [0.1, 0.15) is 20.0 Å². The Morgan fingerprint density at radius 2 is 0.784 bits per heavy atom. The average Bonchev–Trinajstić information content (AvgIpc) is 1.69. The van der Waals surface area contributed by atoms with Crippen molar-refractivity contribution in [3.63, 3.8) is 0 Å². The maximum absolute atomic E-state index is 4.84. The molecule has 1 aliphatic carbocycles. The van der Waals surface area contributed by atoms with Crippen molar-refractivity contribution < 1.29 is 0 Å². The summed E-state index contributed by atoms with van der Waals surface area (Å²) >= 11 is 10.7. The molecule has 13 aromatic rings. The summed E-state index contributed by atoms with van der Waals surface area (Å²) in [4.78, 5) is 22.0. The van der Waals surface area contributed by atoms with Crippen LogP contribution < -0.4 is 36.3 Å². The van der Waals surface area contributed by atoms with E-state index < -0.39 is 16.1 Å². The van der Waals surface area contributed by atoms with E-state index in [1.807, 2.05) is 48.3 Å². The first kappa shape index (κ1) is 52.8. The fourth-order valence-electron chi connectivity index (χ4n) is 14.8. The molecular formula is C74H50N6S6Si2. The largest absolute Gasteiger partial charge is 0.305 e. The van der Waals surface area contributed by atoms with Crippen molar-refractivity contribution in [1.29, 1.82) is 0 Å². The average molecular weight is 1270 g/mol. The van der Waals surface area contributed by atoms with Crippen LogP contribution in [0.1, 0.15) is 17.5 Å². The summed E-state index contributed by atoms with van der Waals surface area (Å²) in [6.07, 6.45) is 23.2. The quantitative estimate of drug-likeness (QED) is 0.114. The predicted octanol–water partition coefficient (Wildman–Crippen LogP) is 15.1. The van der Waals surface area contributed by atoms with E-state index in [-0.39, 0.29) is 0 Å². The molecule has 0 N–H and O–H groups in total. The maximum Gasteiger partial charge on any atom is 0.180 e. The lowest BCUT2D eigenvalue weighted by Gasteiger charge is -2.37. The van der Waals surface area contributed by atoms with Crippen LogP contribution >= 0.6 is 68.9 Å². The van der Waals surface area contributed by atoms with Gasteiger partial charge in [-0.15, -0.1) is 68.9 Å². The Kier molecular flexibility index (Phi) is 12.7. The van der Waals surface area contributed by atoms with E-state index >= 15 is 0 Å². The summed E-state index contributed by atoms with van der Waals surface area (Å²) in [7, 11) is -5.45. The number of hydrogen-bond donors (Lipinski definition) is 0. The molecule has 6 nitrogen and oxygen atoms in total. The molecule has 0 saturated carbocycles. The summed E-state index contributed by atoms with van der Waals surface area (Å²) in [6.45, 7) is 0. The summed E-state index contributed by atoms with van der Waals surface area (Å²) in [5, 5.41) is 22.9. The molecule has 0 amide bonds. The molecule has 0 radical (unpaired) electrons. The highest BCUT2D eigenvalue weighted by Gasteiger charge is 2.53. The highest BCUT2D eigenvalue weighted by molar-refractivity contribution is 8.14. The smallest absolute Gasteiger partial charge is 0.180 e. The van der Waals surface area contributed by atoms with Crippen molar-refractivity contribution in [3.05, 3.63) is 282 Å². The number of rotatable bonds is 12. The number of thioether (sulfide) groups is 2. The summed E-state index contributed by atoms with van der Waals surface area (Å²) in [5.41, 5.74) is 14.8. The van der Waals surface area contributed by atoms with Gasteiger partial charge in [-0.05, 0) is 142 Å². The van der Waals surface area contributed by atoms with Crippen LogP contribution in [-0.2, 0) is 0 Å². The van der Waals surface area contributed by atoms with Crippen molar-refractivity contribution in [2.24, 2.45) is 0 Å². The van der Waals surface area contributed by atoms with Crippen LogP contribution in [0.25, 0.3) is 86.2 Å². The Balaban J connectivity index is 0.739. The van der Waals surface area contributed by atoms with E-state index in [4.69, 9.17) is 19.9 Å².